The number of halogens is 1. The topological polar surface area (TPSA) is 88.2 Å². The molecule has 0 aliphatic heterocycles. The first-order chi connectivity index (χ1) is 9.47. The monoisotopic (exact) mass is 275 g/mol. The molecule has 20 heavy (non-hydrogen) atoms. The third kappa shape index (κ3) is 3.03. The summed E-state index contributed by atoms with van der Waals surface area (Å²) in [6.07, 6.45) is 0. The molecule has 4 N–H and O–H groups in total. The van der Waals surface area contributed by atoms with Gasteiger partial charge in [0.2, 0.25) is 0 Å². The standard InChI is InChI=1S/C14H14FN3O2/c1-8(9-2-4-10(15)5-3-9)17-13-11(16)6-7-12(18-13)14(19)20/h2-8H,16H2,1H3,(H,17,18)(H,19,20). The lowest BCUT2D eigenvalue weighted by Gasteiger charge is -2.16. The Hall–Kier alpha value is -2.63. The summed E-state index contributed by atoms with van der Waals surface area (Å²) < 4.78 is 12.9. The highest BCUT2D eigenvalue weighted by Gasteiger charge is 2.12. The highest BCUT2D eigenvalue weighted by molar-refractivity contribution is 5.86. The minimum Gasteiger partial charge on any atom is -0.477 e. The summed E-state index contributed by atoms with van der Waals surface area (Å²) in [4.78, 5) is 14.8. The van der Waals surface area contributed by atoms with Gasteiger partial charge < -0.3 is 16.2 Å². The molecule has 0 bridgehead atoms. The third-order valence-electron chi connectivity index (χ3n) is 2.87. The van der Waals surface area contributed by atoms with Crippen LogP contribution in [0.2, 0.25) is 0 Å². The van der Waals surface area contributed by atoms with E-state index in [0.29, 0.717) is 11.5 Å². The van der Waals surface area contributed by atoms with E-state index in [1.807, 2.05) is 6.92 Å². The number of anilines is 2. The number of rotatable bonds is 4. The summed E-state index contributed by atoms with van der Waals surface area (Å²) >= 11 is 0. The van der Waals surface area contributed by atoms with Crippen LogP contribution in [0.15, 0.2) is 36.4 Å². The molecule has 0 saturated heterocycles. The van der Waals surface area contributed by atoms with Crippen molar-refractivity contribution in [2.75, 3.05) is 11.1 Å². The van der Waals surface area contributed by atoms with Crippen molar-refractivity contribution < 1.29 is 14.3 Å². The molecular weight excluding hydrogens is 261 g/mol. The van der Waals surface area contributed by atoms with Gasteiger partial charge in [-0.3, -0.25) is 0 Å². The van der Waals surface area contributed by atoms with Gasteiger partial charge in [0.1, 0.15) is 5.82 Å². The van der Waals surface area contributed by atoms with Crippen molar-refractivity contribution in [1.29, 1.82) is 0 Å². The molecule has 5 nitrogen and oxygen atoms in total. The summed E-state index contributed by atoms with van der Waals surface area (Å²) in [5, 5.41) is 11.9. The summed E-state index contributed by atoms with van der Waals surface area (Å²) in [7, 11) is 0. The molecular formula is C14H14FN3O2. The number of carboxylic acids is 1. The number of carbonyl (C=O) groups is 1. The van der Waals surface area contributed by atoms with Crippen LogP contribution in [-0.4, -0.2) is 16.1 Å². The predicted octanol–water partition coefficient (Wildman–Crippen LogP) is 2.67. The van der Waals surface area contributed by atoms with E-state index in [2.05, 4.69) is 10.3 Å². The number of nitrogen functional groups attached to an aromatic ring is 1. The lowest BCUT2D eigenvalue weighted by Crippen LogP contribution is -2.12. The van der Waals surface area contributed by atoms with Crippen LogP contribution in [0, 0.1) is 5.82 Å². The predicted molar refractivity (Wildman–Crippen MR) is 74.0 cm³/mol. The van der Waals surface area contributed by atoms with Crippen LogP contribution in [0.4, 0.5) is 15.9 Å². The van der Waals surface area contributed by atoms with Gasteiger partial charge in [0.05, 0.1) is 11.7 Å². The average molecular weight is 275 g/mol. The summed E-state index contributed by atoms with van der Waals surface area (Å²) in [6.45, 7) is 1.85. The van der Waals surface area contributed by atoms with Gasteiger partial charge in [0.25, 0.3) is 0 Å². The second-order valence-corrected chi connectivity index (χ2v) is 4.36. The third-order valence-corrected chi connectivity index (χ3v) is 2.87. The normalized spacial score (nSPS) is 11.9. The molecule has 0 aliphatic carbocycles. The Balaban J connectivity index is 2.22. The van der Waals surface area contributed by atoms with Gasteiger partial charge in [-0.2, -0.15) is 0 Å². The molecule has 2 aromatic rings. The van der Waals surface area contributed by atoms with Crippen molar-refractivity contribution in [3.05, 3.63) is 53.5 Å². The highest BCUT2D eigenvalue weighted by Crippen LogP contribution is 2.22. The molecule has 0 saturated carbocycles. The zero-order chi connectivity index (χ0) is 14.7. The van der Waals surface area contributed by atoms with Crippen molar-refractivity contribution in [3.8, 4) is 0 Å². The number of pyridine rings is 1. The molecule has 1 atom stereocenters. The molecule has 0 spiro atoms. The fraction of sp³-hybridized carbons (Fsp3) is 0.143. The van der Waals surface area contributed by atoms with E-state index in [1.165, 1.54) is 24.3 Å². The largest absolute Gasteiger partial charge is 0.477 e. The lowest BCUT2D eigenvalue weighted by atomic mass is 10.1. The van der Waals surface area contributed by atoms with E-state index in [-0.39, 0.29) is 17.6 Å². The number of aromatic carboxylic acids is 1. The zero-order valence-corrected chi connectivity index (χ0v) is 10.8. The first-order valence-corrected chi connectivity index (χ1v) is 5.99. The van der Waals surface area contributed by atoms with Crippen LogP contribution in [0.5, 0.6) is 0 Å². The van der Waals surface area contributed by atoms with Gasteiger partial charge in [-0.05, 0) is 36.8 Å². The molecule has 0 radical (unpaired) electrons. The minimum atomic E-state index is -1.12. The summed E-state index contributed by atoms with van der Waals surface area (Å²) in [5.41, 5.74) is 6.86. The summed E-state index contributed by atoms with van der Waals surface area (Å²) in [5.74, 6) is -1.14. The van der Waals surface area contributed by atoms with Crippen LogP contribution in [-0.2, 0) is 0 Å². The van der Waals surface area contributed by atoms with Gasteiger partial charge in [0, 0.05) is 0 Å². The maximum absolute atomic E-state index is 12.9. The van der Waals surface area contributed by atoms with E-state index >= 15 is 0 Å². The van der Waals surface area contributed by atoms with E-state index < -0.39 is 5.97 Å². The van der Waals surface area contributed by atoms with Crippen LogP contribution in [0.25, 0.3) is 0 Å². The second kappa shape index (κ2) is 5.56. The van der Waals surface area contributed by atoms with Crippen molar-refractivity contribution in [2.45, 2.75) is 13.0 Å². The van der Waals surface area contributed by atoms with Gasteiger partial charge in [-0.1, -0.05) is 12.1 Å². The van der Waals surface area contributed by atoms with E-state index in [9.17, 15) is 9.18 Å². The van der Waals surface area contributed by atoms with Crippen LogP contribution in [0.3, 0.4) is 0 Å². The number of benzene rings is 1. The van der Waals surface area contributed by atoms with E-state index in [0.717, 1.165) is 5.56 Å². The van der Waals surface area contributed by atoms with E-state index in [4.69, 9.17) is 10.8 Å². The van der Waals surface area contributed by atoms with Gasteiger partial charge in [0.15, 0.2) is 11.5 Å². The fourth-order valence-electron chi connectivity index (χ4n) is 1.74. The van der Waals surface area contributed by atoms with Crippen molar-refractivity contribution in [2.24, 2.45) is 0 Å². The molecule has 1 unspecified atom stereocenters. The van der Waals surface area contributed by atoms with Crippen molar-refractivity contribution >= 4 is 17.5 Å². The molecule has 1 aromatic carbocycles. The Morgan fingerprint density at radius 1 is 1.30 bits per heavy atom. The number of aromatic nitrogens is 1. The average Bonchev–Trinajstić information content (AvgIpc) is 2.41. The Morgan fingerprint density at radius 2 is 1.95 bits per heavy atom. The molecule has 1 aromatic heterocycles. The Morgan fingerprint density at radius 3 is 2.55 bits per heavy atom. The van der Waals surface area contributed by atoms with Gasteiger partial charge in [-0.25, -0.2) is 14.2 Å². The minimum absolute atomic E-state index is 0.0898. The smallest absolute Gasteiger partial charge is 0.354 e. The van der Waals surface area contributed by atoms with Gasteiger partial charge >= 0.3 is 5.97 Å². The maximum Gasteiger partial charge on any atom is 0.354 e. The van der Waals surface area contributed by atoms with Crippen molar-refractivity contribution in [1.82, 2.24) is 4.98 Å². The van der Waals surface area contributed by atoms with Crippen LogP contribution < -0.4 is 11.1 Å². The number of nitrogens with two attached hydrogens (primary N) is 1. The Bertz CT molecular complexity index is 629. The van der Waals surface area contributed by atoms with Crippen LogP contribution >= 0.6 is 0 Å². The summed E-state index contributed by atoms with van der Waals surface area (Å²) in [6, 6.07) is 8.64. The molecule has 0 amide bonds. The van der Waals surface area contributed by atoms with Crippen molar-refractivity contribution in [3.63, 3.8) is 0 Å². The maximum atomic E-state index is 12.9. The highest BCUT2D eigenvalue weighted by atomic mass is 19.1. The Kier molecular flexibility index (Phi) is 3.84. The number of nitrogens with one attached hydrogen (secondary N) is 1. The number of carboxylic acid groups (broad SMARTS) is 1. The number of hydrogen-bond acceptors (Lipinski definition) is 4. The Labute approximate surface area is 115 Å². The number of hydrogen-bond donors (Lipinski definition) is 3. The van der Waals surface area contributed by atoms with E-state index in [1.54, 1.807) is 12.1 Å². The zero-order valence-electron chi connectivity index (χ0n) is 10.8. The molecule has 0 aliphatic rings. The SMILES string of the molecule is CC(Nc1nc(C(=O)O)ccc1N)c1ccc(F)cc1. The fourth-order valence-corrected chi connectivity index (χ4v) is 1.74. The first-order valence-electron chi connectivity index (χ1n) is 5.99. The first kappa shape index (κ1) is 13.8. The van der Waals surface area contributed by atoms with Gasteiger partial charge in [-0.15, -0.1) is 0 Å². The lowest BCUT2D eigenvalue weighted by molar-refractivity contribution is 0.0690. The quantitative estimate of drug-likeness (QED) is 0.798. The number of nitrogens with zero attached hydrogens (tertiary/aromatic N) is 1. The molecule has 6 heteroatoms. The van der Waals surface area contributed by atoms with Crippen LogP contribution in [0.1, 0.15) is 29.0 Å². The molecule has 2 rings (SSSR count). The second-order valence-electron chi connectivity index (χ2n) is 4.36. The molecule has 0 fully saturated rings. The molecule has 104 valence electrons. The molecule has 1 heterocycles.